The number of carbonyl (C=O) groups excluding carboxylic acids is 8. The normalized spacial score (nSPS) is 23.2. The van der Waals surface area contributed by atoms with E-state index in [0.29, 0.717) is 61.5 Å². The molecule has 19 nitrogen and oxygen atoms in total. The number of unbranched alkanes of at least 4 members (excludes halogenated alkanes) is 1. The standard InChI is InChI=1S/C42H60ClN11O8S2/c1-24(2)35-40(61)51-30(22-33(44)55)37(58)52-31(41(62)54-17-5-9-32(54)39(60)47-15-3-4-16-48-42(45)46)23-63-18-7-10-34(56)49-28(20-25-11-13-26(43)14-12-25)36(57)50-29(38(59)53-35)21-27-8-6-19-64-27/h6,8,11-14,19,24,28-32,35H,3-5,7,9-10,15-18,20-23H2,1-2H3,(H2,44,55)(H,47,60)(H,49,56)(H,50,57)(H,51,61)(H,52,58)(H,53,59)(H4,45,46,48). The van der Waals surface area contributed by atoms with Crippen molar-refractivity contribution < 1.29 is 38.4 Å². The number of hydrogen-bond donors (Lipinski definition) is 9. The smallest absolute Gasteiger partial charge is 0.246 e. The number of nitrogens with zero attached hydrogens (tertiary/aromatic N) is 2. The van der Waals surface area contributed by atoms with E-state index in [2.05, 4.69) is 36.9 Å². The number of halogens is 1. The molecular weight excluding hydrogens is 886 g/mol. The number of primary amides is 1. The predicted molar refractivity (Wildman–Crippen MR) is 246 cm³/mol. The second kappa shape index (κ2) is 25.8. The Morgan fingerprint density at radius 2 is 1.55 bits per heavy atom. The first kappa shape index (κ1) is 51.2. The summed E-state index contributed by atoms with van der Waals surface area (Å²) in [6.45, 7) is 4.30. The van der Waals surface area contributed by atoms with Crippen molar-refractivity contribution in [2.75, 3.05) is 31.1 Å². The monoisotopic (exact) mass is 945 g/mol. The van der Waals surface area contributed by atoms with Crippen LogP contribution >= 0.6 is 34.7 Å². The quantitative estimate of drug-likeness (QED) is 0.0681. The lowest BCUT2D eigenvalue weighted by Gasteiger charge is -2.30. The molecule has 3 heterocycles. The zero-order chi connectivity index (χ0) is 46.8. The molecule has 22 heteroatoms. The van der Waals surface area contributed by atoms with Gasteiger partial charge in [0.25, 0.3) is 0 Å². The maximum Gasteiger partial charge on any atom is 0.246 e. The number of nitrogens with two attached hydrogens (primary N) is 3. The zero-order valence-corrected chi connectivity index (χ0v) is 38.5. The number of guanidine groups is 1. The van der Waals surface area contributed by atoms with E-state index in [1.54, 1.807) is 50.2 Å². The lowest BCUT2D eigenvalue weighted by atomic mass is 10.0. The van der Waals surface area contributed by atoms with Crippen LogP contribution in [0, 0.1) is 5.92 Å². The number of hydrogen-bond acceptors (Lipinski definition) is 11. The van der Waals surface area contributed by atoms with Crippen LogP contribution in [0.25, 0.3) is 0 Å². The van der Waals surface area contributed by atoms with Gasteiger partial charge in [-0.3, -0.25) is 43.3 Å². The molecule has 0 saturated carbocycles. The second-order valence-electron chi connectivity index (χ2n) is 16.0. The van der Waals surface area contributed by atoms with Crippen molar-refractivity contribution in [3.63, 3.8) is 0 Å². The minimum absolute atomic E-state index is 0.00456. The summed E-state index contributed by atoms with van der Waals surface area (Å²) in [5.41, 5.74) is 17.0. The Morgan fingerprint density at radius 3 is 2.22 bits per heavy atom. The molecule has 2 aliphatic heterocycles. The molecule has 0 aliphatic carbocycles. The maximum absolute atomic E-state index is 14.3. The first-order valence-electron chi connectivity index (χ1n) is 21.3. The number of aliphatic imine (C=N–C) groups is 1. The van der Waals surface area contributed by atoms with Gasteiger partial charge < -0.3 is 54.0 Å². The Kier molecular flexibility index (Phi) is 20.6. The Morgan fingerprint density at radius 1 is 0.859 bits per heavy atom. The molecule has 2 fully saturated rings. The molecule has 0 radical (unpaired) electrons. The average molecular weight is 947 g/mol. The van der Waals surface area contributed by atoms with Crippen LogP contribution in [-0.2, 0) is 51.2 Å². The fourth-order valence-corrected chi connectivity index (χ4v) is 9.02. The van der Waals surface area contributed by atoms with Crippen molar-refractivity contribution in [3.8, 4) is 0 Å². The molecule has 0 bridgehead atoms. The molecule has 12 N–H and O–H groups in total. The summed E-state index contributed by atoms with van der Waals surface area (Å²) in [7, 11) is 0. The Labute approximate surface area is 385 Å². The molecular formula is C42H60ClN11O8S2. The highest BCUT2D eigenvalue weighted by atomic mass is 35.5. The van der Waals surface area contributed by atoms with E-state index < -0.39 is 89.9 Å². The van der Waals surface area contributed by atoms with E-state index >= 15 is 0 Å². The van der Waals surface area contributed by atoms with Crippen molar-refractivity contribution in [2.24, 2.45) is 28.1 Å². The number of carbonyl (C=O) groups is 8. The summed E-state index contributed by atoms with van der Waals surface area (Å²) < 4.78 is 0. The SMILES string of the molecule is CC(C)C1NC(=O)C(Cc2cccs2)NC(=O)C(Cc2ccc(Cl)cc2)NC(=O)CCCSCC(C(=O)N2CCCC2C(=O)NCCCCN=C(N)N)NC(=O)C(CC(N)=O)NC1=O. The molecule has 350 valence electrons. The van der Waals surface area contributed by atoms with Gasteiger partial charge in [0.1, 0.15) is 36.3 Å². The topological polar surface area (TPSA) is 302 Å². The number of thioether (sulfide) groups is 1. The minimum atomic E-state index is -1.55. The van der Waals surface area contributed by atoms with E-state index in [9.17, 15) is 38.4 Å². The lowest BCUT2D eigenvalue weighted by molar-refractivity contribution is -0.141. The van der Waals surface area contributed by atoms with Gasteiger partial charge in [0.2, 0.25) is 47.3 Å². The van der Waals surface area contributed by atoms with Crippen molar-refractivity contribution in [1.29, 1.82) is 0 Å². The van der Waals surface area contributed by atoms with E-state index in [1.165, 1.54) is 28.0 Å². The van der Waals surface area contributed by atoms with Gasteiger partial charge in [-0.25, -0.2) is 0 Å². The second-order valence-corrected chi connectivity index (χ2v) is 18.6. The zero-order valence-electron chi connectivity index (χ0n) is 36.1. The molecule has 2 aliphatic rings. The molecule has 2 saturated heterocycles. The number of amides is 8. The van der Waals surface area contributed by atoms with E-state index in [1.807, 2.05) is 5.38 Å². The van der Waals surface area contributed by atoms with Gasteiger partial charge in [0.15, 0.2) is 5.96 Å². The number of likely N-dealkylation sites (tertiary alicyclic amines) is 1. The van der Waals surface area contributed by atoms with Gasteiger partial charge in [-0.2, -0.15) is 11.8 Å². The summed E-state index contributed by atoms with van der Waals surface area (Å²) in [4.78, 5) is 116. The van der Waals surface area contributed by atoms with Gasteiger partial charge in [0.05, 0.1) is 6.42 Å². The summed E-state index contributed by atoms with van der Waals surface area (Å²) in [6.07, 6.45) is 1.97. The lowest BCUT2D eigenvalue weighted by Crippen LogP contribution is -2.61. The van der Waals surface area contributed by atoms with Crippen LogP contribution < -0.4 is 49.1 Å². The highest BCUT2D eigenvalue weighted by Gasteiger charge is 2.39. The molecule has 1 aromatic heterocycles. The number of benzene rings is 1. The third-order valence-corrected chi connectivity index (χ3v) is 12.8. The van der Waals surface area contributed by atoms with Gasteiger partial charge >= 0.3 is 0 Å². The van der Waals surface area contributed by atoms with Gasteiger partial charge in [-0.1, -0.05) is 43.6 Å². The van der Waals surface area contributed by atoms with Gasteiger partial charge in [0, 0.05) is 54.5 Å². The fourth-order valence-electron chi connectivity index (χ4n) is 7.16. The van der Waals surface area contributed by atoms with Gasteiger partial charge in [-0.05, 0) is 72.9 Å². The Hall–Kier alpha value is -5.41. The van der Waals surface area contributed by atoms with Crippen LogP contribution in [-0.4, -0.2) is 126 Å². The third kappa shape index (κ3) is 16.6. The van der Waals surface area contributed by atoms with Crippen LogP contribution in [0.1, 0.15) is 69.2 Å². The molecule has 64 heavy (non-hydrogen) atoms. The van der Waals surface area contributed by atoms with Crippen molar-refractivity contribution in [3.05, 3.63) is 57.2 Å². The molecule has 2 aromatic rings. The molecule has 1 aromatic carbocycles. The van der Waals surface area contributed by atoms with Crippen LogP contribution in [0.4, 0.5) is 0 Å². The van der Waals surface area contributed by atoms with Gasteiger partial charge in [-0.15, -0.1) is 11.3 Å². The van der Waals surface area contributed by atoms with Crippen LogP contribution in [0.15, 0.2) is 46.8 Å². The van der Waals surface area contributed by atoms with Crippen molar-refractivity contribution in [1.82, 2.24) is 36.8 Å². The summed E-state index contributed by atoms with van der Waals surface area (Å²) >= 11 is 8.75. The fraction of sp³-hybridized carbons (Fsp3) is 0.548. The van der Waals surface area contributed by atoms with E-state index in [-0.39, 0.29) is 43.4 Å². The maximum atomic E-state index is 14.3. The Bertz CT molecular complexity index is 1970. The first-order valence-corrected chi connectivity index (χ1v) is 23.7. The van der Waals surface area contributed by atoms with E-state index in [0.717, 1.165) is 4.88 Å². The molecule has 4 rings (SSSR count). The summed E-state index contributed by atoms with van der Waals surface area (Å²) in [5, 5.41) is 18.8. The third-order valence-electron chi connectivity index (χ3n) is 10.5. The predicted octanol–water partition coefficient (Wildman–Crippen LogP) is -0.170. The van der Waals surface area contributed by atoms with Crippen molar-refractivity contribution >= 4 is 87.9 Å². The molecule has 6 unspecified atom stereocenters. The van der Waals surface area contributed by atoms with Crippen LogP contribution in [0.5, 0.6) is 0 Å². The highest BCUT2D eigenvalue weighted by Crippen LogP contribution is 2.21. The van der Waals surface area contributed by atoms with Crippen LogP contribution in [0.3, 0.4) is 0 Å². The van der Waals surface area contributed by atoms with Crippen molar-refractivity contribution in [2.45, 2.75) is 108 Å². The van der Waals surface area contributed by atoms with Crippen LogP contribution in [0.2, 0.25) is 5.02 Å². The highest BCUT2D eigenvalue weighted by molar-refractivity contribution is 7.99. The number of thiophene rings is 1. The summed E-state index contributed by atoms with van der Waals surface area (Å²) in [6, 6.07) is 3.23. The molecule has 0 spiro atoms. The average Bonchev–Trinajstić information content (AvgIpc) is 3.95. The number of nitrogens with one attached hydrogen (secondary N) is 6. The molecule has 6 atom stereocenters. The molecule has 8 amide bonds. The minimum Gasteiger partial charge on any atom is -0.370 e. The largest absolute Gasteiger partial charge is 0.370 e. The van der Waals surface area contributed by atoms with E-state index in [4.69, 9.17) is 28.8 Å². The number of rotatable bonds is 14. The first-order chi connectivity index (χ1) is 30.5. The summed E-state index contributed by atoms with van der Waals surface area (Å²) in [5.74, 6) is -5.52. The Balaban J connectivity index is 1.62.